The molecule has 1 aromatic carbocycles. The van der Waals surface area contributed by atoms with Crippen LogP contribution in [0.25, 0.3) is 11.0 Å². The average molecular weight is 245 g/mol. The maximum absolute atomic E-state index is 6.38. The summed E-state index contributed by atoms with van der Waals surface area (Å²) in [7, 11) is 0. The third-order valence-electron chi connectivity index (χ3n) is 3.60. The molecule has 2 heteroatoms. The number of rotatable bonds is 6. The van der Waals surface area contributed by atoms with Crippen molar-refractivity contribution in [2.45, 2.75) is 45.6 Å². The first-order chi connectivity index (χ1) is 8.76. The quantitative estimate of drug-likeness (QED) is 0.804. The molecule has 0 saturated heterocycles. The van der Waals surface area contributed by atoms with Gasteiger partial charge in [-0.05, 0) is 30.9 Å². The van der Waals surface area contributed by atoms with Gasteiger partial charge in [0.15, 0.2) is 0 Å². The van der Waals surface area contributed by atoms with Gasteiger partial charge in [-0.2, -0.15) is 0 Å². The zero-order chi connectivity index (χ0) is 13.0. The molecule has 2 rings (SSSR count). The van der Waals surface area contributed by atoms with Crippen LogP contribution < -0.4 is 5.73 Å². The van der Waals surface area contributed by atoms with Crippen LogP contribution in [0.3, 0.4) is 0 Å². The van der Waals surface area contributed by atoms with Gasteiger partial charge in [0, 0.05) is 5.39 Å². The van der Waals surface area contributed by atoms with E-state index in [9.17, 15) is 0 Å². The molecule has 0 spiro atoms. The fourth-order valence-electron chi connectivity index (χ4n) is 2.64. The van der Waals surface area contributed by atoms with E-state index in [-0.39, 0.29) is 6.04 Å². The molecule has 1 aromatic heterocycles. The lowest BCUT2D eigenvalue weighted by molar-refractivity contribution is 0.330. The standard InChI is InChI=1S/C16H23NO/c1-3-7-12(8-4-2)16(17)15-11-13-9-5-6-10-14(13)18-15/h5-6,9-12,16H,3-4,7-8,17H2,1-2H3. The molecular weight excluding hydrogens is 222 g/mol. The third kappa shape index (κ3) is 2.75. The Morgan fingerprint density at radius 1 is 1.11 bits per heavy atom. The number of hydrogen-bond donors (Lipinski definition) is 1. The molecule has 0 aliphatic rings. The molecule has 1 heterocycles. The van der Waals surface area contributed by atoms with E-state index in [0.29, 0.717) is 5.92 Å². The van der Waals surface area contributed by atoms with Crippen LogP contribution in [0.1, 0.15) is 51.3 Å². The van der Waals surface area contributed by atoms with Crippen LogP contribution in [0.2, 0.25) is 0 Å². The Balaban J connectivity index is 2.22. The minimum Gasteiger partial charge on any atom is -0.459 e. The first-order valence-corrected chi connectivity index (χ1v) is 7.00. The van der Waals surface area contributed by atoms with E-state index in [1.807, 2.05) is 18.2 Å². The Labute approximate surface area is 109 Å². The van der Waals surface area contributed by atoms with Crippen molar-refractivity contribution in [2.24, 2.45) is 11.7 Å². The largest absolute Gasteiger partial charge is 0.459 e. The molecule has 0 aliphatic carbocycles. The molecule has 0 radical (unpaired) electrons. The van der Waals surface area contributed by atoms with Gasteiger partial charge in [-0.25, -0.2) is 0 Å². The Morgan fingerprint density at radius 2 is 1.78 bits per heavy atom. The smallest absolute Gasteiger partial charge is 0.134 e. The van der Waals surface area contributed by atoms with Crippen LogP contribution in [0.4, 0.5) is 0 Å². The number of para-hydroxylation sites is 1. The first-order valence-electron chi connectivity index (χ1n) is 7.00. The van der Waals surface area contributed by atoms with E-state index >= 15 is 0 Å². The molecule has 0 bridgehead atoms. The molecule has 1 atom stereocenters. The summed E-state index contributed by atoms with van der Waals surface area (Å²) in [6, 6.07) is 10.2. The molecule has 18 heavy (non-hydrogen) atoms. The number of fused-ring (bicyclic) bond motifs is 1. The molecular formula is C16H23NO. The van der Waals surface area contributed by atoms with Gasteiger partial charge in [0.25, 0.3) is 0 Å². The normalized spacial score (nSPS) is 13.3. The van der Waals surface area contributed by atoms with Crippen molar-refractivity contribution in [2.75, 3.05) is 0 Å². The molecule has 0 fully saturated rings. The Kier molecular flexibility index (Phi) is 4.43. The fourth-order valence-corrected chi connectivity index (χ4v) is 2.64. The molecule has 0 aliphatic heterocycles. The number of benzene rings is 1. The van der Waals surface area contributed by atoms with Crippen molar-refractivity contribution in [3.63, 3.8) is 0 Å². The molecule has 2 aromatic rings. The van der Waals surface area contributed by atoms with E-state index in [2.05, 4.69) is 26.0 Å². The Morgan fingerprint density at radius 3 is 2.39 bits per heavy atom. The lowest BCUT2D eigenvalue weighted by Crippen LogP contribution is -2.20. The summed E-state index contributed by atoms with van der Waals surface area (Å²) in [5.41, 5.74) is 7.32. The first kappa shape index (κ1) is 13.2. The summed E-state index contributed by atoms with van der Waals surface area (Å²) in [6.07, 6.45) is 4.70. The van der Waals surface area contributed by atoms with E-state index in [0.717, 1.165) is 16.7 Å². The Bertz CT molecular complexity index is 450. The van der Waals surface area contributed by atoms with Gasteiger partial charge in [0.2, 0.25) is 0 Å². The van der Waals surface area contributed by atoms with E-state index in [1.165, 1.54) is 25.7 Å². The van der Waals surface area contributed by atoms with E-state index in [4.69, 9.17) is 10.2 Å². The van der Waals surface area contributed by atoms with Crippen LogP contribution >= 0.6 is 0 Å². The van der Waals surface area contributed by atoms with Crippen molar-refractivity contribution >= 4 is 11.0 Å². The summed E-state index contributed by atoms with van der Waals surface area (Å²) < 4.78 is 5.88. The monoisotopic (exact) mass is 245 g/mol. The van der Waals surface area contributed by atoms with Crippen molar-refractivity contribution < 1.29 is 4.42 Å². The summed E-state index contributed by atoms with van der Waals surface area (Å²) >= 11 is 0. The Hall–Kier alpha value is -1.28. The zero-order valence-corrected chi connectivity index (χ0v) is 11.4. The lowest BCUT2D eigenvalue weighted by atomic mass is 9.89. The SMILES string of the molecule is CCCC(CCC)C(N)c1cc2ccccc2o1. The lowest BCUT2D eigenvalue weighted by Gasteiger charge is -2.21. The van der Waals surface area contributed by atoms with Gasteiger partial charge in [-0.15, -0.1) is 0 Å². The predicted molar refractivity (Wildman–Crippen MR) is 76.4 cm³/mol. The van der Waals surface area contributed by atoms with Crippen LogP contribution in [0, 0.1) is 5.92 Å². The van der Waals surface area contributed by atoms with Gasteiger partial charge in [-0.1, -0.05) is 44.9 Å². The van der Waals surface area contributed by atoms with E-state index < -0.39 is 0 Å². The van der Waals surface area contributed by atoms with Gasteiger partial charge in [0.05, 0.1) is 6.04 Å². The number of nitrogens with two attached hydrogens (primary N) is 1. The minimum absolute atomic E-state index is 0.0253. The number of furan rings is 1. The molecule has 2 nitrogen and oxygen atoms in total. The van der Waals surface area contributed by atoms with Crippen LogP contribution in [-0.2, 0) is 0 Å². The molecule has 0 amide bonds. The van der Waals surface area contributed by atoms with Gasteiger partial charge >= 0.3 is 0 Å². The second-order valence-electron chi connectivity index (χ2n) is 5.05. The van der Waals surface area contributed by atoms with Gasteiger partial charge in [0.1, 0.15) is 11.3 Å². The van der Waals surface area contributed by atoms with Gasteiger partial charge in [-0.3, -0.25) is 0 Å². The highest BCUT2D eigenvalue weighted by Crippen LogP contribution is 2.31. The third-order valence-corrected chi connectivity index (χ3v) is 3.60. The van der Waals surface area contributed by atoms with E-state index in [1.54, 1.807) is 0 Å². The fraction of sp³-hybridized carbons (Fsp3) is 0.500. The van der Waals surface area contributed by atoms with Crippen molar-refractivity contribution in [3.05, 3.63) is 36.1 Å². The maximum atomic E-state index is 6.38. The van der Waals surface area contributed by atoms with Gasteiger partial charge < -0.3 is 10.2 Å². The molecule has 98 valence electrons. The summed E-state index contributed by atoms with van der Waals surface area (Å²) in [5, 5.41) is 1.15. The van der Waals surface area contributed by atoms with Crippen LogP contribution in [0.15, 0.2) is 34.7 Å². The molecule has 2 N–H and O–H groups in total. The minimum atomic E-state index is 0.0253. The summed E-state index contributed by atoms with van der Waals surface area (Å²) in [6.45, 7) is 4.43. The molecule has 1 unspecified atom stereocenters. The van der Waals surface area contributed by atoms with Crippen molar-refractivity contribution in [3.8, 4) is 0 Å². The summed E-state index contributed by atoms with van der Waals surface area (Å²) in [5.74, 6) is 1.46. The molecule has 0 saturated carbocycles. The summed E-state index contributed by atoms with van der Waals surface area (Å²) in [4.78, 5) is 0. The van der Waals surface area contributed by atoms with Crippen LogP contribution in [-0.4, -0.2) is 0 Å². The van der Waals surface area contributed by atoms with Crippen LogP contribution in [0.5, 0.6) is 0 Å². The highest BCUT2D eigenvalue weighted by molar-refractivity contribution is 5.77. The maximum Gasteiger partial charge on any atom is 0.134 e. The topological polar surface area (TPSA) is 39.2 Å². The number of hydrogen-bond acceptors (Lipinski definition) is 2. The van der Waals surface area contributed by atoms with Crippen molar-refractivity contribution in [1.82, 2.24) is 0 Å². The predicted octanol–water partition coefficient (Wildman–Crippen LogP) is 4.65. The van der Waals surface area contributed by atoms with Crippen molar-refractivity contribution in [1.29, 1.82) is 0 Å². The average Bonchev–Trinajstić information content (AvgIpc) is 2.81. The highest BCUT2D eigenvalue weighted by atomic mass is 16.3. The second-order valence-corrected chi connectivity index (χ2v) is 5.05. The zero-order valence-electron chi connectivity index (χ0n) is 11.4. The second kappa shape index (κ2) is 6.05. The highest BCUT2D eigenvalue weighted by Gasteiger charge is 2.21.